The summed E-state index contributed by atoms with van der Waals surface area (Å²) in [6, 6.07) is 6.08. The van der Waals surface area contributed by atoms with Gasteiger partial charge >= 0.3 is 0 Å². The van der Waals surface area contributed by atoms with Gasteiger partial charge in [-0.25, -0.2) is 0 Å². The minimum Gasteiger partial charge on any atom is -0.398 e. The van der Waals surface area contributed by atoms with Crippen molar-refractivity contribution in [3.05, 3.63) is 236 Å². The van der Waals surface area contributed by atoms with Crippen LogP contribution < -0.4 is 5.73 Å². The summed E-state index contributed by atoms with van der Waals surface area (Å²) < 4.78 is 225. The van der Waals surface area contributed by atoms with Crippen molar-refractivity contribution in [3.63, 3.8) is 0 Å². The number of aromatic nitrogens is 2. The zero-order chi connectivity index (χ0) is 63.6. The van der Waals surface area contributed by atoms with E-state index in [-0.39, 0.29) is 11.4 Å². The first kappa shape index (κ1) is 19.1. The quantitative estimate of drug-likeness (QED) is 0.160. The van der Waals surface area contributed by atoms with Gasteiger partial charge in [0.2, 0.25) is 0 Å². The molecule has 10 aromatic carbocycles. The lowest BCUT2D eigenvalue weighted by atomic mass is 9.97. The van der Waals surface area contributed by atoms with E-state index in [0.29, 0.717) is 54.7 Å². The average Bonchev–Trinajstić information content (AvgIpc) is 1.33. The van der Waals surface area contributed by atoms with Crippen LogP contribution in [0.15, 0.2) is 236 Å². The molecule has 2 aromatic heterocycles. The Morgan fingerprint density at radius 2 is 0.778 bits per heavy atom. The topological polar surface area (TPSA) is 35.9 Å². The first-order valence-corrected chi connectivity index (χ1v) is 19.5. The Hall–Kier alpha value is -8.40. The van der Waals surface area contributed by atoms with Crippen molar-refractivity contribution in [1.29, 1.82) is 0 Å². The third-order valence-corrected chi connectivity index (χ3v) is 10.8. The predicted octanol–water partition coefficient (Wildman–Crippen LogP) is 15.8. The van der Waals surface area contributed by atoms with Crippen molar-refractivity contribution in [2.75, 3.05) is 5.73 Å². The molecular formula is C60H41N3. The fraction of sp³-hybridized carbons (Fsp3) is 0. The lowest BCUT2D eigenvalue weighted by Gasteiger charge is -2.15. The number of rotatable bonds is 7. The smallest absolute Gasteiger partial charge is 0.0652 e. The molecule has 0 saturated carbocycles. The summed E-state index contributed by atoms with van der Waals surface area (Å²) in [6.07, 6.45) is 0. The molecule has 2 heterocycles. The minimum absolute atomic E-state index is 0.245. The van der Waals surface area contributed by atoms with Crippen molar-refractivity contribution in [1.82, 2.24) is 9.13 Å². The molecule has 0 saturated heterocycles. The van der Waals surface area contributed by atoms with E-state index >= 15 is 0 Å². The van der Waals surface area contributed by atoms with Crippen LogP contribution in [0, 0.1) is 0 Å². The Kier molecular flexibility index (Phi) is 4.53. The van der Waals surface area contributed by atoms with Gasteiger partial charge in [0, 0.05) is 44.2 Å². The molecule has 296 valence electrons. The molecule has 12 rings (SSSR count). The van der Waals surface area contributed by atoms with Crippen LogP contribution in [0.25, 0.3) is 111 Å². The second kappa shape index (κ2) is 14.9. The summed E-state index contributed by atoms with van der Waals surface area (Å²) >= 11 is 0. The van der Waals surface area contributed by atoms with Gasteiger partial charge in [0.1, 0.15) is 0 Å². The molecule has 0 radical (unpaired) electrons. The monoisotopic (exact) mass is 828 g/mol. The van der Waals surface area contributed by atoms with Crippen LogP contribution in [0.5, 0.6) is 0 Å². The molecule has 0 atom stereocenters. The summed E-state index contributed by atoms with van der Waals surface area (Å²) in [5.74, 6) is 0. The molecule has 0 aliphatic heterocycles. The zero-order valence-electron chi connectivity index (χ0n) is 57.6. The molecule has 0 aliphatic rings. The van der Waals surface area contributed by atoms with Gasteiger partial charge in [0.25, 0.3) is 0 Å². The number of nitrogens with two attached hydrogens (primary N) is 1. The molecule has 3 nitrogen and oxygen atoms in total. The van der Waals surface area contributed by atoms with Gasteiger partial charge in [-0.15, -0.1) is 0 Å². The van der Waals surface area contributed by atoms with Crippen molar-refractivity contribution < 1.29 is 34.3 Å². The Labute approximate surface area is 401 Å². The molecule has 0 unspecified atom stereocenters. The maximum absolute atomic E-state index is 9.89. The molecular weight excluding hydrogens is 763 g/mol. The second-order valence-electron chi connectivity index (χ2n) is 14.4. The minimum atomic E-state index is -0.835. The Morgan fingerprint density at radius 1 is 0.317 bits per heavy atom. The van der Waals surface area contributed by atoms with E-state index in [4.69, 9.17) is 30.4 Å². The molecule has 0 aliphatic carbocycles. The maximum Gasteiger partial charge on any atom is 0.0652 e. The summed E-state index contributed by atoms with van der Waals surface area (Å²) in [5, 5.41) is 2.30. The summed E-state index contributed by atoms with van der Waals surface area (Å²) in [6.45, 7) is 0. The lowest BCUT2D eigenvalue weighted by Crippen LogP contribution is -1.97. The molecule has 3 heteroatoms. The van der Waals surface area contributed by atoms with E-state index in [0.717, 1.165) is 0 Å². The van der Waals surface area contributed by atoms with Crippen molar-refractivity contribution >= 4 is 49.3 Å². The molecule has 0 fully saturated rings. The van der Waals surface area contributed by atoms with Gasteiger partial charge in [-0.2, -0.15) is 0 Å². The normalized spacial score (nSPS) is 17.1. The van der Waals surface area contributed by atoms with E-state index in [1.54, 1.807) is 72.8 Å². The fourth-order valence-electron chi connectivity index (χ4n) is 8.01. The van der Waals surface area contributed by atoms with E-state index in [1.807, 2.05) is 12.1 Å². The van der Waals surface area contributed by atoms with Crippen LogP contribution in [0.4, 0.5) is 5.69 Å². The highest BCUT2D eigenvalue weighted by molar-refractivity contribution is 6.13. The highest BCUT2D eigenvalue weighted by Gasteiger charge is 2.18. The first-order valence-electron chi connectivity index (χ1n) is 32.0. The molecule has 63 heavy (non-hydrogen) atoms. The molecule has 12 aromatic rings. The number of nitrogens with zero attached hydrogens (tertiary/aromatic N) is 2. The van der Waals surface area contributed by atoms with Gasteiger partial charge in [0.15, 0.2) is 0 Å². The van der Waals surface area contributed by atoms with Gasteiger partial charge in [-0.1, -0.05) is 163 Å². The van der Waals surface area contributed by atoms with E-state index in [1.165, 1.54) is 9.13 Å². The van der Waals surface area contributed by atoms with Crippen LogP contribution in [0.1, 0.15) is 34.3 Å². The SMILES string of the molecule is [2H]c1c([2H])c([2H])c(-c2c([2H])c([2H])c(-c3c([2H])c([2H])c([2H])c(-n4c5ccccc5c5cc(-c6ccc7c(c6)c6ccccc6n7-c6c([2H])c(-c7c([2H])c([2H])c([2H])c([2H])c7[2H])c([2H])c(-c7c([2H])c([2H])c([2H])c([2H])c7N)c6[2H])ccc54)c3[2H])c([2H])c2[2H])c([2H])c1[2H]. The number of para-hydroxylation sites is 3. The molecule has 0 spiro atoms. The standard InChI is InChI=1S/C60H41N3/c61-56-23-10-7-20-51(56)48-34-47(41-16-5-2-6-17-41)36-50(37-48)63-58-25-12-9-22-53(58)55-39-46(31-33-60(55)63)45-30-32-59-54(38-45)52-21-8-11-24-57(52)62(59)49-19-13-18-44(35-49)43-28-26-42(27-29-43)40-14-3-1-4-15-40/h1-39H,61H2/i1D,2D,3D,4D,5D,6D,7D,10D,13D,14D,15D,16D,17D,18D,19D,20D,23D,26D,27D,28D,29D,34D,35D,36D,37D. The molecule has 2 N–H and O–H groups in total. The number of hydrogen-bond acceptors (Lipinski definition) is 1. The average molecular weight is 829 g/mol. The van der Waals surface area contributed by atoms with Gasteiger partial charge < -0.3 is 14.9 Å². The van der Waals surface area contributed by atoms with E-state index in [2.05, 4.69) is 0 Å². The number of anilines is 1. The fourth-order valence-corrected chi connectivity index (χ4v) is 8.01. The van der Waals surface area contributed by atoms with Crippen molar-refractivity contribution in [2.24, 2.45) is 0 Å². The predicted molar refractivity (Wildman–Crippen MR) is 267 cm³/mol. The van der Waals surface area contributed by atoms with Crippen molar-refractivity contribution in [2.45, 2.75) is 0 Å². The maximum atomic E-state index is 9.89. The summed E-state index contributed by atoms with van der Waals surface area (Å²) in [5.41, 5.74) is 3.84. The number of hydrogen-bond donors (Lipinski definition) is 1. The third-order valence-electron chi connectivity index (χ3n) is 10.8. The van der Waals surface area contributed by atoms with Crippen LogP contribution in [-0.4, -0.2) is 9.13 Å². The van der Waals surface area contributed by atoms with Crippen molar-refractivity contribution in [3.8, 4) is 67.0 Å². The van der Waals surface area contributed by atoms with Crippen LogP contribution >= 0.6 is 0 Å². The largest absolute Gasteiger partial charge is 0.398 e. The first-order chi connectivity index (χ1) is 41.6. The Balaban J connectivity index is 1.07. The molecule has 0 amide bonds. The van der Waals surface area contributed by atoms with Gasteiger partial charge in [-0.3, -0.25) is 0 Å². The van der Waals surface area contributed by atoms with E-state index in [9.17, 15) is 9.60 Å². The summed E-state index contributed by atoms with van der Waals surface area (Å²) in [7, 11) is 0. The number of benzene rings is 10. The molecule has 0 bridgehead atoms. The van der Waals surface area contributed by atoms with Crippen LogP contribution in [-0.2, 0) is 0 Å². The van der Waals surface area contributed by atoms with Gasteiger partial charge in [0.05, 0.1) is 56.3 Å². The highest BCUT2D eigenvalue weighted by atomic mass is 15.0. The number of fused-ring (bicyclic) bond motifs is 6. The number of nitrogen functional groups attached to an aromatic ring is 1. The van der Waals surface area contributed by atoms with E-state index < -0.39 is 201 Å². The van der Waals surface area contributed by atoms with Crippen LogP contribution in [0.3, 0.4) is 0 Å². The highest BCUT2D eigenvalue weighted by Crippen LogP contribution is 2.41. The Morgan fingerprint density at radius 3 is 1.41 bits per heavy atom. The zero-order valence-corrected chi connectivity index (χ0v) is 32.6. The third kappa shape index (κ3) is 6.29. The summed E-state index contributed by atoms with van der Waals surface area (Å²) in [4.78, 5) is 0. The van der Waals surface area contributed by atoms with Gasteiger partial charge in [-0.05, 0) is 123 Å². The Bertz CT molecular complexity index is 4970. The lowest BCUT2D eigenvalue weighted by molar-refractivity contribution is 1.18. The van der Waals surface area contributed by atoms with Crippen LogP contribution in [0.2, 0.25) is 0 Å². The second-order valence-corrected chi connectivity index (χ2v) is 14.4.